The second kappa shape index (κ2) is 20.0. The van der Waals surface area contributed by atoms with Crippen molar-refractivity contribution in [3.05, 3.63) is 33.4 Å². The van der Waals surface area contributed by atoms with E-state index < -0.39 is 0 Å². The van der Waals surface area contributed by atoms with Crippen LogP contribution >= 0.6 is 58.8 Å². The van der Waals surface area contributed by atoms with E-state index in [4.69, 9.17) is 0 Å². The highest BCUT2D eigenvalue weighted by molar-refractivity contribution is 7.99. The largest absolute Gasteiger partial charge is 0.396 e. The number of aliphatic hydroxyl groups excluding tert-OH is 5. The van der Waals surface area contributed by atoms with Crippen molar-refractivity contribution in [1.29, 1.82) is 0 Å². The van der Waals surface area contributed by atoms with Crippen molar-refractivity contribution in [3.8, 4) is 0 Å². The van der Waals surface area contributed by atoms with Gasteiger partial charge in [-0.05, 0) is 40.3 Å². The first-order chi connectivity index (χ1) is 15.7. The molecule has 5 N–H and O–H groups in total. The lowest BCUT2D eigenvalue weighted by atomic mass is 9.90. The molecule has 0 bridgehead atoms. The van der Waals surface area contributed by atoms with Gasteiger partial charge in [-0.15, -0.1) is 0 Å². The molecule has 5 nitrogen and oxygen atoms in total. The summed E-state index contributed by atoms with van der Waals surface area (Å²) in [6.07, 6.45) is 0. The summed E-state index contributed by atoms with van der Waals surface area (Å²) in [6, 6.07) is 0. The topological polar surface area (TPSA) is 101 Å². The van der Waals surface area contributed by atoms with Gasteiger partial charge in [0, 0.05) is 57.5 Å². The Bertz CT molecular complexity index is 588. The zero-order chi connectivity index (χ0) is 23.6. The predicted molar refractivity (Wildman–Crippen MR) is 147 cm³/mol. The molecule has 0 unspecified atom stereocenters. The molecule has 0 aliphatic heterocycles. The van der Waals surface area contributed by atoms with E-state index in [1.807, 2.05) is 0 Å². The zero-order valence-electron chi connectivity index (χ0n) is 18.9. The third-order valence-electron chi connectivity index (χ3n) is 4.77. The molecule has 186 valence electrons. The van der Waals surface area contributed by atoms with Crippen LogP contribution in [-0.2, 0) is 28.8 Å². The second-order valence-corrected chi connectivity index (χ2v) is 12.4. The molecular weight excluding hydrogens is 505 g/mol. The van der Waals surface area contributed by atoms with E-state index in [2.05, 4.69) is 6.92 Å². The van der Waals surface area contributed by atoms with E-state index in [1.54, 1.807) is 58.8 Å². The van der Waals surface area contributed by atoms with Crippen molar-refractivity contribution in [2.45, 2.75) is 35.7 Å². The van der Waals surface area contributed by atoms with Crippen LogP contribution in [-0.4, -0.2) is 87.3 Å². The Morgan fingerprint density at radius 3 is 0.875 bits per heavy atom. The molecule has 0 atom stereocenters. The summed E-state index contributed by atoms with van der Waals surface area (Å²) in [6.45, 7) is 2.97. The van der Waals surface area contributed by atoms with Gasteiger partial charge in [-0.25, -0.2) is 0 Å². The summed E-state index contributed by atoms with van der Waals surface area (Å²) in [4.78, 5) is 0. The van der Waals surface area contributed by atoms with Crippen molar-refractivity contribution >= 4 is 58.8 Å². The normalized spacial score (nSPS) is 11.4. The Hall–Kier alpha value is 0.770. The van der Waals surface area contributed by atoms with E-state index >= 15 is 0 Å². The Kier molecular flexibility index (Phi) is 19.3. The summed E-state index contributed by atoms with van der Waals surface area (Å²) >= 11 is 8.67. The first-order valence-electron chi connectivity index (χ1n) is 10.7. The van der Waals surface area contributed by atoms with E-state index in [0.29, 0.717) is 28.8 Å². The van der Waals surface area contributed by atoms with Gasteiger partial charge in [0.25, 0.3) is 0 Å². The number of hydrogen-bond donors (Lipinski definition) is 5. The first kappa shape index (κ1) is 30.8. The van der Waals surface area contributed by atoms with Gasteiger partial charge < -0.3 is 25.5 Å². The summed E-state index contributed by atoms with van der Waals surface area (Å²) in [5, 5.41) is 46.5. The third-order valence-corrected chi connectivity index (χ3v) is 9.59. The molecule has 0 aromatic heterocycles. The lowest BCUT2D eigenvalue weighted by Gasteiger charge is -2.26. The number of hydrogen-bond acceptors (Lipinski definition) is 10. The molecule has 1 rings (SSSR count). The maximum absolute atomic E-state index is 9.33. The SMILES string of the molecule is Cc1c(CSCCO)c(CSCCO)c(CSCCO)c(CSCCO)c1CSCCO. The number of aliphatic hydroxyl groups is 5. The van der Waals surface area contributed by atoms with Crippen LogP contribution in [0.2, 0.25) is 0 Å². The number of benzene rings is 1. The minimum Gasteiger partial charge on any atom is -0.396 e. The summed E-state index contributed by atoms with van der Waals surface area (Å²) in [7, 11) is 0. The van der Waals surface area contributed by atoms with E-state index in [-0.39, 0.29) is 33.0 Å². The molecule has 32 heavy (non-hydrogen) atoms. The van der Waals surface area contributed by atoms with Crippen molar-refractivity contribution in [2.75, 3.05) is 61.8 Å². The highest BCUT2D eigenvalue weighted by Gasteiger charge is 2.22. The zero-order valence-corrected chi connectivity index (χ0v) is 23.0. The first-order valence-corrected chi connectivity index (χ1v) is 16.5. The van der Waals surface area contributed by atoms with Crippen molar-refractivity contribution in [2.24, 2.45) is 0 Å². The van der Waals surface area contributed by atoms with Crippen molar-refractivity contribution < 1.29 is 25.5 Å². The van der Waals surface area contributed by atoms with Crippen LogP contribution in [0.25, 0.3) is 0 Å². The van der Waals surface area contributed by atoms with Crippen LogP contribution in [0, 0.1) is 6.92 Å². The molecular formula is C22H38O5S5. The van der Waals surface area contributed by atoms with Crippen molar-refractivity contribution in [3.63, 3.8) is 0 Å². The molecule has 1 aromatic rings. The molecule has 0 saturated carbocycles. The minimum absolute atomic E-state index is 0.151. The number of thioether (sulfide) groups is 5. The van der Waals surface area contributed by atoms with Gasteiger partial charge in [-0.3, -0.25) is 0 Å². The Morgan fingerprint density at radius 2 is 0.625 bits per heavy atom. The third kappa shape index (κ3) is 11.0. The fourth-order valence-electron chi connectivity index (χ4n) is 3.29. The van der Waals surface area contributed by atoms with Gasteiger partial charge in [0.2, 0.25) is 0 Å². The summed E-state index contributed by atoms with van der Waals surface area (Å²) in [5.74, 6) is 7.59. The summed E-state index contributed by atoms with van der Waals surface area (Å²) in [5.41, 5.74) is 7.91. The monoisotopic (exact) mass is 542 g/mol. The molecule has 0 saturated heterocycles. The highest BCUT2D eigenvalue weighted by Crippen LogP contribution is 2.38. The Balaban J connectivity index is 3.52. The van der Waals surface area contributed by atoms with Gasteiger partial charge in [-0.2, -0.15) is 58.8 Å². The maximum Gasteiger partial charge on any atom is 0.0521 e. The van der Waals surface area contributed by atoms with Crippen LogP contribution in [0.5, 0.6) is 0 Å². The molecule has 0 amide bonds. The van der Waals surface area contributed by atoms with Crippen LogP contribution < -0.4 is 0 Å². The lowest BCUT2D eigenvalue weighted by molar-refractivity contribution is 0.322. The molecule has 0 aliphatic rings. The molecule has 0 fully saturated rings. The van der Waals surface area contributed by atoms with Crippen LogP contribution in [0.1, 0.15) is 33.4 Å². The highest BCUT2D eigenvalue weighted by atomic mass is 32.2. The smallest absolute Gasteiger partial charge is 0.0521 e. The molecule has 0 radical (unpaired) electrons. The van der Waals surface area contributed by atoms with E-state index in [0.717, 1.165) is 28.8 Å². The van der Waals surface area contributed by atoms with Gasteiger partial charge >= 0.3 is 0 Å². The van der Waals surface area contributed by atoms with Crippen LogP contribution in [0.4, 0.5) is 0 Å². The average molecular weight is 543 g/mol. The molecule has 1 aromatic carbocycles. The minimum atomic E-state index is 0.151. The number of rotatable bonds is 20. The fourth-order valence-corrected chi connectivity index (χ4v) is 7.50. The standard InChI is InChI=1S/C22H38O5S5/c1-17-18(12-28-7-2-23)20(14-30-9-4-25)22(16-32-11-6-27)21(15-31-10-5-26)19(17)13-29-8-3-24/h23-27H,2-16H2,1H3. The second-order valence-electron chi connectivity index (χ2n) is 6.90. The van der Waals surface area contributed by atoms with Gasteiger partial charge in [0.1, 0.15) is 0 Å². The van der Waals surface area contributed by atoms with Crippen LogP contribution in [0.15, 0.2) is 0 Å². The Labute approximate surface area is 214 Å². The maximum atomic E-state index is 9.33. The van der Waals surface area contributed by atoms with Crippen molar-refractivity contribution in [1.82, 2.24) is 0 Å². The predicted octanol–water partition coefficient (Wildman–Crippen LogP) is 3.12. The van der Waals surface area contributed by atoms with E-state index in [1.165, 1.54) is 33.4 Å². The quantitative estimate of drug-likeness (QED) is 0.158. The molecule has 10 heteroatoms. The van der Waals surface area contributed by atoms with Crippen LogP contribution in [0.3, 0.4) is 0 Å². The van der Waals surface area contributed by atoms with Gasteiger partial charge in [0.15, 0.2) is 0 Å². The fraction of sp³-hybridized carbons (Fsp3) is 0.727. The molecule has 0 aliphatic carbocycles. The molecule has 0 spiro atoms. The van der Waals surface area contributed by atoms with E-state index in [9.17, 15) is 25.5 Å². The lowest BCUT2D eigenvalue weighted by Crippen LogP contribution is -2.11. The summed E-state index contributed by atoms with van der Waals surface area (Å²) < 4.78 is 0. The average Bonchev–Trinajstić information content (AvgIpc) is 2.79. The Morgan fingerprint density at radius 1 is 0.406 bits per heavy atom. The van der Waals surface area contributed by atoms with Gasteiger partial charge in [0.05, 0.1) is 33.0 Å². The van der Waals surface area contributed by atoms with Gasteiger partial charge in [-0.1, -0.05) is 0 Å². The molecule has 0 heterocycles.